The lowest BCUT2D eigenvalue weighted by atomic mass is 9.82. The van der Waals surface area contributed by atoms with Gasteiger partial charge in [-0.1, -0.05) is 0 Å². The van der Waals surface area contributed by atoms with Crippen molar-refractivity contribution in [2.75, 3.05) is 0 Å². The van der Waals surface area contributed by atoms with Crippen LogP contribution in [0.15, 0.2) is 0 Å². The van der Waals surface area contributed by atoms with Crippen molar-refractivity contribution in [3.05, 3.63) is 0 Å². The molecule has 2 saturated carbocycles. The number of alkyl halides is 6. The van der Waals surface area contributed by atoms with Gasteiger partial charge >= 0.3 is 12.4 Å². The van der Waals surface area contributed by atoms with Gasteiger partial charge in [-0.25, -0.2) is 0 Å². The van der Waals surface area contributed by atoms with Crippen LogP contribution < -0.4 is 11.5 Å². The molecular weight excluding hydrogens is 413 g/mol. The summed E-state index contributed by atoms with van der Waals surface area (Å²) in [5.41, 5.74) is 5.87. The minimum atomic E-state index is -4.51. The first-order valence-corrected chi connectivity index (χ1v) is 7.79. The van der Waals surface area contributed by atoms with Crippen LogP contribution in [0.1, 0.15) is 51.4 Å². The SMILES string of the molecule is Cl.Cl.NC1CCC(O)(C(F)(F)F)CC1.NC1CCC(O)(C(F)(F)F)CC1. The number of halogens is 8. The van der Waals surface area contributed by atoms with E-state index >= 15 is 0 Å². The van der Waals surface area contributed by atoms with Crippen LogP contribution in [-0.2, 0) is 0 Å². The summed E-state index contributed by atoms with van der Waals surface area (Å²) in [5, 5.41) is 18.3. The van der Waals surface area contributed by atoms with Crippen LogP contribution >= 0.6 is 24.8 Å². The minimum absolute atomic E-state index is 0. The summed E-state index contributed by atoms with van der Waals surface area (Å²) >= 11 is 0. The third-order valence-electron chi connectivity index (χ3n) is 4.77. The van der Waals surface area contributed by atoms with Gasteiger partial charge in [0.05, 0.1) is 0 Å². The summed E-state index contributed by atoms with van der Waals surface area (Å²) in [6.07, 6.45) is -9.09. The van der Waals surface area contributed by atoms with Crippen molar-refractivity contribution in [2.24, 2.45) is 11.5 Å². The molecule has 0 radical (unpaired) electrons. The van der Waals surface area contributed by atoms with Crippen molar-refractivity contribution in [1.29, 1.82) is 0 Å². The smallest absolute Gasteiger partial charge is 0.380 e. The fourth-order valence-corrected chi connectivity index (χ4v) is 2.80. The molecule has 2 aliphatic carbocycles. The van der Waals surface area contributed by atoms with Crippen LogP contribution in [-0.4, -0.2) is 45.9 Å². The maximum absolute atomic E-state index is 12.2. The van der Waals surface area contributed by atoms with Crippen molar-refractivity contribution in [2.45, 2.75) is 87.0 Å². The Morgan fingerprint density at radius 2 is 0.808 bits per heavy atom. The monoisotopic (exact) mass is 438 g/mol. The third-order valence-corrected chi connectivity index (χ3v) is 4.77. The summed E-state index contributed by atoms with van der Waals surface area (Å²) in [6.45, 7) is 0. The standard InChI is InChI=1S/2C7H12F3NO.2ClH/c2*8-7(9,10)6(12)3-1-5(11)2-4-6;;/h2*5,12H,1-4,11H2;2*1H. The second-order valence-corrected chi connectivity index (χ2v) is 6.73. The van der Waals surface area contributed by atoms with Gasteiger partial charge in [-0.2, -0.15) is 26.3 Å². The van der Waals surface area contributed by atoms with Gasteiger partial charge in [0.25, 0.3) is 0 Å². The molecule has 0 spiro atoms. The molecule has 0 aliphatic heterocycles. The summed E-state index contributed by atoms with van der Waals surface area (Å²) in [6, 6.07) is -0.375. The molecular formula is C14H26Cl2F6N2O2. The molecule has 0 aromatic rings. The summed E-state index contributed by atoms with van der Waals surface area (Å²) in [5.74, 6) is 0. The highest BCUT2D eigenvalue weighted by molar-refractivity contribution is 5.85. The Bertz CT molecular complexity index is 369. The van der Waals surface area contributed by atoms with E-state index in [1.165, 1.54) is 0 Å². The van der Waals surface area contributed by atoms with Crippen LogP contribution in [0.5, 0.6) is 0 Å². The van der Waals surface area contributed by atoms with Gasteiger partial charge in [0.1, 0.15) is 0 Å². The Kier molecular flexibility index (Phi) is 10.8. The van der Waals surface area contributed by atoms with Gasteiger partial charge < -0.3 is 21.7 Å². The molecule has 0 aromatic heterocycles. The average Bonchev–Trinajstić information content (AvgIpc) is 2.44. The fraction of sp³-hybridized carbons (Fsp3) is 1.00. The lowest BCUT2D eigenvalue weighted by Gasteiger charge is -2.35. The average molecular weight is 439 g/mol. The van der Waals surface area contributed by atoms with Gasteiger partial charge in [0.15, 0.2) is 11.2 Å². The molecule has 0 amide bonds. The lowest BCUT2D eigenvalue weighted by molar-refractivity contribution is -0.270. The second kappa shape index (κ2) is 9.97. The number of rotatable bonds is 0. The topological polar surface area (TPSA) is 92.5 Å². The first-order chi connectivity index (χ1) is 10.7. The Morgan fingerprint density at radius 1 is 0.615 bits per heavy atom. The van der Waals surface area contributed by atoms with E-state index in [-0.39, 0.29) is 88.3 Å². The van der Waals surface area contributed by atoms with Crippen LogP contribution in [0.2, 0.25) is 0 Å². The van der Waals surface area contributed by atoms with E-state index in [4.69, 9.17) is 21.7 Å². The van der Waals surface area contributed by atoms with E-state index in [2.05, 4.69) is 0 Å². The fourth-order valence-electron chi connectivity index (χ4n) is 2.80. The van der Waals surface area contributed by atoms with E-state index in [9.17, 15) is 26.3 Å². The van der Waals surface area contributed by atoms with E-state index in [0.717, 1.165) is 0 Å². The highest BCUT2D eigenvalue weighted by atomic mass is 35.5. The van der Waals surface area contributed by atoms with Crippen molar-refractivity contribution in [3.63, 3.8) is 0 Å². The normalized spacial score (nSPS) is 35.3. The predicted molar refractivity (Wildman–Crippen MR) is 89.4 cm³/mol. The Hall–Kier alpha value is -0.000000000000000111. The molecule has 4 nitrogen and oxygen atoms in total. The molecule has 160 valence electrons. The predicted octanol–water partition coefficient (Wildman–Crippen LogP) is 3.21. The van der Waals surface area contributed by atoms with Gasteiger partial charge in [-0.05, 0) is 51.4 Å². The van der Waals surface area contributed by atoms with E-state index in [1.54, 1.807) is 0 Å². The molecule has 0 atom stereocenters. The summed E-state index contributed by atoms with van der Waals surface area (Å²) in [7, 11) is 0. The Balaban J connectivity index is 0. The van der Waals surface area contributed by atoms with Crippen molar-refractivity contribution < 1.29 is 36.6 Å². The van der Waals surface area contributed by atoms with Crippen molar-refractivity contribution in [3.8, 4) is 0 Å². The van der Waals surface area contributed by atoms with Crippen LogP contribution in [0, 0.1) is 0 Å². The van der Waals surface area contributed by atoms with Gasteiger partial charge in [0, 0.05) is 12.1 Å². The molecule has 0 heterocycles. The van der Waals surface area contributed by atoms with Crippen LogP contribution in [0.3, 0.4) is 0 Å². The highest BCUT2D eigenvalue weighted by Crippen LogP contribution is 2.41. The van der Waals surface area contributed by atoms with Crippen molar-refractivity contribution >= 4 is 24.8 Å². The van der Waals surface area contributed by atoms with Gasteiger partial charge in [-0.15, -0.1) is 24.8 Å². The molecule has 0 saturated heterocycles. The third kappa shape index (κ3) is 7.20. The molecule has 0 bridgehead atoms. The van der Waals surface area contributed by atoms with E-state index < -0.39 is 23.6 Å². The van der Waals surface area contributed by atoms with Gasteiger partial charge in [0.2, 0.25) is 0 Å². The molecule has 2 rings (SSSR count). The maximum atomic E-state index is 12.2. The zero-order chi connectivity index (χ0) is 18.8. The minimum Gasteiger partial charge on any atom is -0.380 e. The Labute approximate surface area is 160 Å². The van der Waals surface area contributed by atoms with Crippen molar-refractivity contribution in [1.82, 2.24) is 0 Å². The molecule has 12 heteroatoms. The number of hydrogen-bond acceptors (Lipinski definition) is 4. The molecule has 0 unspecified atom stereocenters. The molecule has 2 aliphatic rings. The zero-order valence-electron chi connectivity index (χ0n) is 13.9. The molecule has 26 heavy (non-hydrogen) atoms. The first kappa shape index (κ1) is 28.2. The summed E-state index contributed by atoms with van der Waals surface area (Å²) in [4.78, 5) is 0. The maximum Gasteiger partial charge on any atom is 0.417 e. The van der Waals surface area contributed by atoms with Crippen LogP contribution in [0.25, 0.3) is 0 Å². The van der Waals surface area contributed by atoms with Gasteiger partial charge in [-0.3, -0.25) is 0 Å². The molecule has 2 fully saturated rings. The first-order valence-electron chi connectivity index (χ1n) is 7.79. The van der Waals surface area contributed by atoms with Crippen LogP contribution in [0.4, 0.5) is 26.3 Å². The van der Waals surface area contributed by atoms with E-state index in [1.807, 2.05) is 0 Å². The second-order valence-electron chi connectivity index (χ2n) is 6.73. The number of aliphatic hydroxyl groups is 2. The largest absolute Gasteiger partial charge is 0.417 e. The quantitative estimate of drug-likeness (QED) is 0.437. The number of hydrogen-bond donors (Lipinski definition) is 4. The number of nitrogens with two attached hydrogens (primary N) is 2. The molecule has 0 aromatic carbocycles. The lowest BCUT2D eigenvalue weighted by Crippen LogP contribution is -2.49. The van der Waals surface area contributed by atoms with E-state index in [0.29, 0.717) is 0 Å². The molecule has 6 N–H and O–H groups in total. The highest BCUT2D eigenvalue weighted by Gasteiger charge is 2.55. The summed E-state index contributed by atoms with van der Waals surface area (Å²) < 4.78 is 73.0. The zero-order valence-corrected chi connectivity index (χ0v) is 15.6. The Morgan fingerprint density at radius 3 is 0.962 bits per heavy atom.